The van der Waals surface area contributed by atoms with Gasteiger partial charge in [0, 0.05) is 16.8 Å². The van der Waals surface area contributed by atoms with Gasteiger partial charge >= 0.3 is 0 Å². The predicted molar refractivity (Wildman–Crippen MR) is 74.9 cm³/mol. The summed E-state index contributed by atoms with van der Waals surface area (Å²) in [6.45, 7) is 4.28. The lowest BCUT2D eigenvalue weighted by molar-refractivity contribution is 0.0848. The molecule has 1 heterocycles. The smallest absolute Gasteiger partial charge is 0.125 e. The van der Waals surface area contributed by atoms with E-state index in [9.17, 15) is 0 Å². The summed E-state index contributed by atoms with van der Waals surface area (Å²) in [5.74, 6) is 1.02. The maximum absolute atomic E-state index is 6.07. The zero-order valence-electron chi connectivity index (χ0n) is 10.0. The first kappa shape index (κ1) is 11.1. The normalized spacial score (nSPS) is 21.9. The van der Waals surface area contributed by atoms with Gasteiger partial charge in [0.05, 0.1) is 0 Å². The number of ether oxygens (including phenoxy) is 1. The SMILES string of the molecule is CC1(C)CC(Br)c2c(ccc3ccccc23)O1. The number of hydrogen-bond acceptors (Lipinski definition) is 1. The van der Waals surface area contributed by atoms with Crippen LogP contribution in [0.1, 0.15) is 30.7 Å². The maximum atomic E-state index is 6.07. The van der Waals surface area contributed by atoms with Gasteiger partial charge < -0.3 is 4.74 Å². The van der Waals surface area contributed by atoms with Crippen LogP contribution in [0.3, 0.4) is 0 Å². The fraction of sp³-hybridized carbons (Fsp3) is 0.333. The van der Waals surface area contributed by atoms with Gasteiger partial charge in [-0.3, -0.25) is 0 Å². The average molecular weight is 291 g/mol. The molecule has 0 bridgehead atoms. The zero-order valence-corrected chi connectivity index (χ0v) is 11.6. The molecule has 0 amide bonds. The van der Waals surface area contributed by atoms with Crippen molar-refractivity contribution in [1.82, 2.24) is 0 Å². The molecule has 0 radical (unpaired) electrons. The first-order chi connectivity index (χ1) is 8.07. The average Bonchev–Trinajstić information content (AvgIpc) is 2.26. The summed E-state index contributed by atoms with van der Waals surface area (Å²) in [5.41, 5.74) is 1.20. The van der Waals surface area contributed by atoms with Crippen LogP contribution in [0.4, 0.5) is 0 Å². The van der Waals surface area contributed by atoms with E-state index in [1.165, 1.54) is 16.3 Å². The van der Waals surface area contributed by atoms with Crippen molar-refractivity contribution in [3.8, 4) is 5.75 Å². The van der Waals surface area contributed by atoms with Gasteiger partial charge in [-0.1, -0.05) is 46.3 Å². The van der Waals surface area contributed by atoms with Crippen LogP contribution < -0.4 is 4.74 Å². The molecule has 0 saturated heterocycles. The van der Waals surface area contributed by atoms with Gasteiger partial charge in [-0.05, 0) is 30.7 Å². The lowest BCUT2D eigenvalue weighted by Gasteiger charge is -2.36. The van der Waals surface area contributed by atoms with E-state index in [-0.39, 0.29) is 5.60 Å². The molecule has 0 saturated carbocycles. The monoisotopic (exact) mass is 290 g/mol. The molecule has 1 atom stereocenters. The van der Waals surface area contributed by atoms with E-state index in [1.54, 1.807) is 0 Å². The fourth-order valence-corrected chi connectivity index (χ4v) is 3.81. The third-order valence-corrected chi connectivity index (χ3v) is 4.08. The van der Waals surface area contributed by atoms with E-state index >= 15 is 0 Å². The second kappa shape index (κ2) is 3.74. The van der Waals surface area contributed by atoms with Crippen LogP contribution in [0.5, 0.6) is 5.75 Å². The van der Waals surface area contributed by atoms with Crippen molar-refractivity contribution >= 4 is 26.7 Å². The highest BCUT2D eigenvalue weighted by Crippen LogP contribution is 2.46. The Morgan fingerprint density at radius 2 is 1.94 bits per heavy atom. The van der Waals surface area contributed by atoms with Gasteiger partial charge in [0.1, 0.15) is 11.4 Å². The minimum atomic E-state index is -0.0936. The second-order valence-electron chi connectivity index (χ2n) is 5.23. The van der Waals surface area contributed by atoms with Gasteiger partial charge in [0.2, 0.25) is 0 Å². The van der Waals surface area contributed by atoms with Gasteiger partial charge in [0.15, 0.2) is 0 Å². The summed E-state index contributed by atoms with van der Waals surface area (Å²) >= 11 is 3.80. The Morgan fingerprint density at radius 3 is 2.76 bits per heavy atom. The van der Waals surface area contributed by atoms with E-state index < -0.39 is 0 Å². The Bertz CT molecular complexity index is 574. The van der Waals surface area contributed by atoms with E-state index in [4.69, 9.17) is 4.74 Å². The third kappa shape index (κ3) is 1.85. The lowest BCUT2D eigenvalue weighted by Crippen LogP contribution is -2.33. The summed E-state index contributed by atoms with van der Waals surface area (Å²) in [5, 5.41) is 2.57. The van der Waals surface area contributed by atoms with Crippen molar-refractivity contribution in [1.29, 1.82) is 0 Å². The Labute approximate surface area is 110 Å². The summed E-state index contributed by atoms with van der Waals surface area (Å²) < 4.78 is 6.07. The largest absolute Gasteiger partial charge is 0.487 e. The van der Waals surface area contributed by atoms with Crippen molar-refractivity contribution in [2.24, 2.45) is 0 Å². The number of rotatable bonds is 0. The van der Waals surface area contributed by atoms with E-state index in [0.29, 0.717) is 4.83 Å². The highest BCUT2D eigenvalue weighted by molar-refractivity contribution is 9.09. The highest BCUT2D eigenvalue weighted by atomic mass is 79.9. The molecular weight excluding hydrogens is 276 g/mol. The predicted octanol–water partition coefficient (Wildman–Crippen LogP) is 4.84. The summed E-state index contributed by atoms with van der Waals surface area (Å²) in [6, 6.07) is 12.7. The summed E-state index contributed by atoms with van der Waals surface area (Å²) in [7, 11) is 0. The number of halogens is 1. The Hall–Kier alpha value is -1.02. The number of alkyl halides is 1. The van der Waals surface area contributed by atoms with Crippen LogP contribution in [0, 0.1) is 0 Å². The molecule has 2 heteroatoms. The van der Waals surface area contributed by atoms with E-state index in [0.717, 1.165) is 12.2 Å². The van der Waals surface area contributed by atoms with Crippen molar-refractivity contribution in [2.45, 2.75) is 30.7 Å². The van der Waals surface area contributed by atoms with Crippen LogP contribution in [0.2, 0.25) is 0 Å². The molecule has 88 valence electrons. The molecule has 2 aromatic rings. The molecule has 0 aliphatic carbocycles. The summed E-state index contributed by atoms with van der Waals surface area (Å²) in [4.78, 5) is 0.368. The molecule has 1 aliphatic rings. The minimum Gasteiger partial charge on any atom is -0.487 e. The van der Waals surface area contributed by atoms with E-state index in [1.807, 2.05) is 0 Å². The van der Waals surface area contributed by atoms with Crippen LogP contribution in [-0.4, -0.2) is 5.60 Å². The van der Waals surface area contributed by atoms with Gasteiger partial charge in [-0.15, -0.1) is 0 Å². The van der Waals surface area contributed by atoms with Crippen LogP contribution in [0.25, 0.3) is 10.8 Å². The maximum Gasteiger partial charge on any atom is 0.125 e. The number of fused-ring (bicyclic) bond motifs is 3. The molecule has 1 nitrogen and oxygen atoms in total. The van der Waals surface area contributed by atoms with Gasteiger partial charge in [-0.25, -0.2) is 0 Å². The fourth-order valence-electron chi connectivity index (χ4n) is 2.56. The highest BCUT2D eigenvalue weighted by Gasteiger charge is 2.33. The Kier molecular flexibility index (Phi) is 2.44. The Balaban J connectivity index is 2.27. The summed E-state index contributed by atoms with van der Waals surface area (Å²) in [6.07, 6.45) is 0.994. The van der Waals surface area contributed by atoms with Crippen molar-refractivity contribution < 1.29 is 4.74 Å². The molecule has 1 aliphatic heterocycles. The number of hydrogen-bond donors (Lipinski definition) is 0. The first-order valence-corrected chi connectivity index (χ1v) is 6.83. The molecule has 0 N–H and O–H groups in total. The van der Waals surface area contributed by atoms with Crippen LogP contribution in [0.15, 0.2) is 36.4 Å². The molecule has 0 spiro atoms. The van der Waals surface area contributed by atoms with E-state index in [2.05, 4.69) is 66.2 Å². The molecule has 0 aromatic heterocycles. The standard InChI is InChI=1S/C15H15BrO/c1-15(2)9-12(16)14-11-6-4-3-5-10(11)7-8-13(14)17-15/h3-8,12H,9H2,1-2H3. The van der Waals surface area contributed by atoms with Crippen molar-refractivity contribution in [3.63, 3.8) is 0 Å². The zero-order chi connectivity index (χ0) is 12.0. The van der Waals surface area contributed by atoms with Crippen LogP contribution >= 0.6 is 15.9 Å². The topological polar surface area (TPSA) is 9.23 Å². The lowest BCUT2D eigenvalue weighted by atomic mass is 9.91. The van der Waals surface area contributed by atoms with Gasteiger partial charge in [0.25, 0.3) is 0 Å². The quantitative estimate of drug-likeness (QED) is 0.631. The minimum absolute atomic E-state index is 0.0936. The van der Waals surface area contributed by atoms with Crippen LogP contribution in [-0.2, 0) is 0 Å². The first-order valence-electron chi connectivity index (χ1n) is 5.91. The third-order valence-electron chi connectivity index (χ3n) is 3.30. The van der Waals surface area contributed by atoms with Gasteiger partial charge in [-0.2, -0.15) is 0 Å². The molecule has 17 heavy (non-hydrogen) atoms. The number of benzene rings is 2. The van der Waals surface area contributed by atoms with Crippen molar-refractivity contribution in [3.05, 3.63) is 42.0 Å². The molecule has 2 aromatic carbocycles. The molecule has 3 rings (SSSR count). The molecule has 1 unspecified atom stereocenters. The molecular formula is C15H15BrO. The van der Waals surface area contributed by atoms with Crippen molar-refractivity contribution in [2.75, 3.05) is 0 Å². The molecule has 0 fully saturated rings. The Morgan fingerprint density at radius 1 is 1.18 bits per heavy atom. The second-order valence-corrected chi connectivity index (χ2v) is 6.34.